The number of nitrogens with one attached hydrogen (secondary N) is 2. The van der Waals surface area contributed by atoms with Crippen LogP contribution in [-0.4, -0.2) is 52.4 Å². The van der Waals surface area contributed by atoms with Crippen LogP contribution in [0, 0.1) is 0 Å². The summed E-state index contributed by atoms with van der Waals surface area (Å²) >= 11 is 0. The number of urea groups is 1. The molecule has 1 rings (SSSR count). The maximum Gasteiger partial charge on any atom is 0.340 e. The lowest BCUT2D eigenvalue weighted by atomic mass is 10.2. The van der Waals surface area contributed by atoms with Crippen molar-refractivity contribution in [2.45, 2.75) is 26.8 Å². The first-order chi connectivity index (χ1) is 11.7. The minimum atomic E-state index is -3.66. The third-order valence-corrected chi connectivity index (χ3v) is 4.27. The number of benzene rings is 1. The Labute approximate surface area is 148 Å². The van der Waals surface area contributed by atoms with Crippen molar-refractivity contribution in [1.29, 1.82) is 0 Å². The van der Waals surface area contributed by atoms with Crippen LogP contribution in [0.2, 0.25) is 0 Å². The number of hydrogen-bond acceptors (Lipinski definition) is 5. The maximum absolute atomic E-state index is 12.2. The first-order valence-corrected chi connectivity index (χ1v) is 9.79. The Balaban J connectivity index is 2.98. The van der Waals surface area contributed by atoms with E-state index in [-0.39, 0.29) is 43.0 Å². The second kappa shape index (κ2) is 9.26. The normalized spacial score (nSPS) is 11.1. The molecule has 2 N–H and O–H groups in total. The van der Waals surface area contributed by atoms with Gasteiger partial charge >= 0.3 is 12.0 Å². The number of rotatable bonds is 8. The Bertz CT molecular complexity index is 703. The van der Waals surface area contributed by atoms with Crippen LogP contribution in [0.5, 0.6) is 0 Å². The zero-order valence-electron chi connectivity index (χ0n) is 14.9. The van der Waals surface area contributed by atoms with Crippen LogP contribution in [0.4, 0.5) is 10.5 Å². The van der Waals surface area contributed by atoms with Crippen LogP contribution >= 0.6 is 0 Å². The summed E-state index contributed by atoms with van der Waals surface area (Å²) in [7, 11) is -3.66. The number of hydrogen-bond donors (Lipinski definition) is 2. The molecule has 0 atom stereocenters. The number of nitrogens with zero attached hydrogens (tertiary/aromatic N) is 1. The monoisotopic (exact) mass is 371 g/mol. The van der Waals surface area contributed by atoms with Crippen molar-refractivity contribution in [2.75, 3.05) is 30.3 Å². The van der Waals surface area contributed by atoms with Gasteiger partial charge in [-0.25, -0.2) is 18.0 Å². The van der Waals surface area contributed by atoms with Gasteiger partial charge < -0.3 is 15.4 Å². The van der Waals surface area contributed by atoms with Gasteiger partial charge in [-0.3, -0.25) is 4.31 Å². The summed E-state index contributed by atoms with van der Waals surface area (Å²) in [4.78, 5) is 23.7. The van der Waals surface area contributed by atoms with E-state index in [1.165, 1.54) is 12.1 Å². The molecule has 1 aromatic rings. The van der Waals surface area contributed by atoms with E-state index in [0.717, 1.165) is 10.6 Å². The average Bonchev–Trinajstić information content (AvgIpc) is 2.50. The Morgan fingerprint density at radius 3 is 2.44 bits per heavy atom. The predicted molar refractivity (Wildman–Crippen MR) is 96.3 cm³/mol. The topological polar surface area (TPSA) is 105 Å². The molecule has 0 spiro atoms. The van der Waals surface area contributed by atoms with E-state index in [4.69, 9.17) is 4.74 Å². The fourth-order valence-corrected chi connectivity index (χ4v) is 3.06. The lowest BCUT2D eigenvalue weighted by Gasteiger charge is -2.24. The Kier molecular flexibility index (Phi) is 7.69. The quantitative estimate of drug-likeness (QED) is 0.671. The summed E-state index contributed by atoms with van der Waals surface area (Å²) in [5.41, 5.74) is 0.371. The van der Waals surface area contributed by atoms with Gasteiger partial charge in [-0.15, -0.1) is 0 Å². The van der Waals surface area contributed by atoms with E-state index in [1.54, 1.807) is 19.1 Å². The third-order valence-electron chi connectivity index (χ3n) is 3.09. The maximum atomic E-state index is 12.2. The van der Waals surface area contributed by atoms with Crippen molar-refractivity contribution in [3.63, 3.8) is 0 Å². The number of ether oxygens (including phenoxy) is 1. The van der Waals surface area contributed by atoms with Crippen LogP contribution in [0.15, 0.2) is 24.3 Å². The van der Waals surface area contributed by atoms with E-state index in [9.17, 15) is 18.0 Å². The van der Waals surface area contributed by atoms with Gasteiger partial charge in [0.05, 0.1) is 30.7 Å². The minimum Gasteiger partial charge on any atom is -0.462 e. The van der Waals surface area contributed by atoms with Gasteiger partial charge in [-0.05, 0) is 32.9 Å². The van der Waals surface area contributed by atoms with Crippen molar-refractivity contribution in [3.8, 4) is 0 Å². The summed E-state index contributed by atoms with van der Waals surface area (Å²) in [6, 6.07) is 5.88. The number of carbonyl (C=O) groups is 2. The van der Waals surface area contributed by atoms with Gasteiger partial charge in [0.1, 0.15) is 0 Å². The van der Waals surface area contributed by atoms with Crippen LogP contribution in [0.25, 0.3) is 0 Å². The highest BCUT2D eigenvalue weighted by Gasteiger charge is 2.23. The Morgan fingerprint density at radius 1 is 1.24 bits per heavy atom. The first kappa shape index (κ1) is 20.8. The summed E-state index contributed by atoms with van der Waals surface area (Å²) in [5, 5.41) is 5.24. The van der Waals surface area contributed by atoms with E-state index in [0.29, 0.717) is 0 Å². The molecule has 0 radical (unpaired) electrons. The van der Waals surface area contributed by atoms with E-state index >= 15 is 0 Å². The van der Waals surface area contributed by atoms with Gasteiger partial charge in [-0.2, -0.15) is 0 Å². The molecule has 0 aliphatic rings. The molecule has 1 aromatic carbocycles. The number of esters is 1. The average molecular weight is 371 g/mol. The fraction of sp³-hybridized carbons (Fsp3) is 0.500. The molecule has 9 heteroatoms. The summed E-state index contributed by atoms with van der Waals surface area (Å²) in [6.07, 6.45) is 1.04. The van der Waals surface area contributed by atoms with Crippen molar-refractivity contribution < 1.29 is 22.7 Å². The van der Waals surface area contributed by atoms with Crippen LogP contribution in [0.1, 0.15) is 31.1 Å². The highest BCUT2D eigenvalue weighted by Crippen LogP contribution is 2.23. The molecule has 25 heavy (non-hydrogen) atoms. The Morgan fingerprint density at radius 2 is 1.88 bits per heavy atom. The zero-order valence-corrected chi connectivity index (χ0v) is 15.7. The lowest BCUT2D eigenvalue weighted by molar-refractivity contribution is 0.0527. The molecule has 0 fully saturated rings. The summed E-state index contributed by atoms with van der Waals surface area (Å²) in [6.45, 7) is 5.56. The second-order valence-corrected chi connectivity index (χ2v) is 7.53. The summed E-state index contributed by atoms with van der Waals surface area (Å²) < 4.78 is 30.4. The molecular formula is C16H25N3O5S. The van der Waals surface area contributed by atoms with Gasteiger partial charge in [-0.1, -0.05) is 12.1 Å². The zero-order chi connectivity index (χ0) is 19.0. The second-order valence-electron chi connectivity index (χ2n) is 5.63. The number of amides is 2. The first-order valence-electron chi connectivity index (χ1n) is 7.95. The van der Waals surface area contributed by atoms with Crippen LogP contribution in [-0.2, 0) is 14.8 Å². The molecule has 0 unspecified atom stereocenters. The largest absolute Gasteiger partial charge is 0.462 e. The van der Waals surface area contributed by atoms with E-state index in [1.807, 2.05) is 13.8 Å². The van der Waals surface area contributed by atoms with Gasteiger partial charge in [0.2, 0.25) is 10.0 Å². The predicted octanol–water partition coefficient (Wildman–Crippen LogP) is 1.34. The molecule has 0 aliphatic heterocycles. The molecule has 0 aromatic heterocycles. The smallest absolute Gasteiger partial charge is 0.340 e. The molecular weight excluding hydrogens is 346 g/mol. The molecule has 8 nitrogen and oxygen atoms in total. The number of sulfonamides is 1. The van der Waals surface area contributed by atoms with Crippen molar-refractivity contribution in [3.05, 3.63) is 29.8 Å². The SMILES string of the molecule is CCOC(=O)c1ccccc1N(CCNC(=O)NC(C)C)S(C)(=O)=O. The van der Waals surface area contributed by atoms with Gasteiger partial charge in [0, 0.05) is 12.6 Å². The van der Waals surface area contributed by atoms with Gasteiger partial charge in [0.15, 0.2) is 0 Å². The number of carbonyl (C=O) groups excluding carboxylic acids is 2. The van der Waals surface area contributed by atoms with Crippen molar-refractivity contribution in [2.24, 2.45) is 0 Å². The minimum absolute atomic E-state index is 0.0131. The van der Waals surface area contributed by atoms with Crippen molar-refractivity contribution in [1.82, 2.24) is 10.6 Å². The number of para-hydroxylation sites is 1. The fourth-order valence-electron chi connectivity index (χ4n) is 2.12. The lowest BCUT2D eigenvalue weighted by Crippen LogP contribution is -2.44. The van der Waals surface area contributed by atoms with Crippen LogP contribution in [0.3, 0.4) is 0 Å². The molecule has 0 heterocycles. The number of anilines is 1. The molecule has 140 valence electrons. The Hall–Kier alpha value is -2.29. The summed E-state index contributed by atoms with van der Waals surface area (Å²) in [5.74, 6) is -0.600. The third kappa shape index (κ3) is 6.61. The standard InChI is InChI=1S/C16H25N3O5S/c1-5-24-15(20)13-8-6-7-9-14(13)19(25(4,22)23)11-10-17-16(21)18-12(2)3/h6-9,12H,5,10-11H2,1-4H3,(H2,17,18,21). The molecule has 2 amide bonds. The van der Waals surface area contributed by atoms with E-state index in [2.05, 4.69) is 10.6 Å². The molecule has 0 saturated carbocycles. The van der Waals surface area contributed by atoms with Crippen LogP contribution < -0.4 is 14.9 Å². The molecule has 0 saturated heterocycles. The molecule has 0 bridgehead atoms. The van der Waals surface area contributed by atoms with Crippen molar-refractivity contribution >= 4 is 27.7 Å². The van der Waals surface area contributed by atoms with E-state index < -0.39 is 16.0 Å². The highest BCUT2D eigenvalue weighted by atomic mass is 32.2. The highest BCUT2D eigenvalue weighted by molar-refractivity contribution is 7.92. The molecule has 0 aliphatic carbocycles. The van der Waals surface area contributed by atoms with Gasteiger partial charge in [0.25, 0.3) is 0 Å².